The fourth-order valence-corrected chi connectivity index (χ4v) is 6.62. The molecule has 2 heterocycles. The van der Waals surface area contributed by atoms with Crippen molar-refractivity contribution in [2.45, 2.75) is 17.4 Å². The third-order valence-corrected chi connectivity index (χ3v) is 8.90. The number of carbonyl (C=O) groups is 2. The minimum Gasteiger partial charge on any atom is -0.452 e. The van der Waals surface area contributed by atoms with Crippen molar-refractivity contribution in [3.05, 3.63) is 29.6 Å². The molecule has 0 radical (unpaired) electrons. The van der Waals surface area contributed by atoms with Gasteiger partial charge in [-0.05, 0) is 24.6 Å². The van der Waals surface area contributed by atoms with E-state index in [1.807, 2.05) is 0 Å². The molecule has 0 spiro atoms. The number of hydrogen-bond donors (Lipinski definition) is 0. The minimum atomic E-state index is -4.18. The highest BCUT2D eigenvalue weighted by Gasteiger charge is 2.33. The number of hydrogen-bond acceptors (Lipinski definition) is 8. The average molecular weight is 479 g/mol. The zero-order chi connectivity index (χ0) is 22.8. The van der Waals surface area contributed by atoms with Crippen LogP contribution in [0.25, 0.3) is 0 Å². The molecule has 172 valence electrons. The topological polar surface area (TPSA) is 127 Å². The van der Waals surface area contributed by atoms with Crippen LogP contribution < -0.4 is 0 Å². The van der Waals surface area contributed by atoms with E-state index in [9.17, 15) is 30.8 Å². The summed E-state index contributed by atoms with van der Waals surface area (Å²) < 4.78 is 73.9. The first kappa shape index (κ1) is 23.6. The van der Waals surface area contributed by atoms with Gasteiger partial charge in [-0.15, -0.1) is 0 Å². The van der Waals surface area contributed by atoms with Gasteiger partial charge in [0, 0.05) is 26.2 Å². The van der Waals surface area contributed by atoms with Crippen LogP contribution >= 0.6 is 0 Å². The SMILES string of the molecule is CN(C(=O)COC(=O)c1ccc(F)c(S(=O)(=O)N2CCOCC2)c1)[C@H]1CCS(=O)(=O)C1. The third-order valence-electron chi connectivity index (χ3n) is 5.23. The molecule has 0 N–H and O–H groups in total. The van der Waals surface area contributed by atoms with Crippen molar-refractivity contribution >= 4 is 31.7 Å². The highest BCUT2D eigenvalue weighted by atomic mass is 32.2. The molecular formula is C18H23FN2O8S2. The van der Waals surface area contributed by atoms with Crippen molar-refractivity contribution in [3.8, 4) is 0 Å². The zero-order valence-electron chi connectivity index (χ0n) is 16.8. The van der Waals surface area contributed by atoms with E-state index in [4.69, 9.17) is 9.47 Å². The normalized spacial score (nSPS) is 21.5. The molecule has 0 aromatic heterocycles. The third kappa shape index (κ3) is 5.40. The van der Waals surface area contributed by atoms with Crippen LogP contribution in [0.2, 0.25) is 0 Å². The van der Waals surface area contributed by atoms with E-state index in [0.29, 0.717) is 6.42 Å². The lowest BCUT2D eigenvalue weighted by molar-refractivity contribution is -0.134. The standard InChI is InChI=1S/C18H23FN2O8S2/c1-20(14-4-9-30(24,25)12-14)17(22)11-29-18(23)13-2-3-15(19)16(10-13)31(26,27)21-5-7-28-8-6-21/h2-3,10,14H,4-9,11-12H2,1H3/t14-/m0/s1. The zero-order valence-corrected chi connectivity index (χ0v) is 18.5. The number of amides is 1. The predicted octanol–water partition coefficient (Wildman–Crippen LogP) is -0.351. The van der Waals surface area contributed by atoms with Crippen LogP contribution in [0.4, 0.5) is 4.39 Å². The summed E-state index contributed by atoms with van der Waals surface area (Å²) in [6.45, 7) is -0.168. The van der Waals surface area contributed by atoms with Gasteiger partial charge in [0.05, 0.1) is 30.3 Å². The molecule has 2 aliphatic heterocycles. The van der Waals surface area contributed by atoms with Gasteiger partial charge in [0.15, 0.2) is 16.4 Å². The fraction of sp³-hybridized carbons (Fsp3) is 0.556. The summed E-state index contributed by atoms with van der Waals surface area (Å²) in [7, 11) is -5.94. The van der Waals surface area contributed by atoms with Gasteiger partial charge in [-0.25, -0.2) is 26.0 Å². The second-order valence-electron chi connectivity index (χ2n) is 7.30. The van der Waals surface area contributed by atoms with E-state index in [-0.39, 0.29) is 43.4 Å². The smallest absolute Gasteiger partial charge is 0.338 e. The summed E-state index contributed by atoms with van der Waals surface area (Å²) in [4.78, 5) is 25.1. The summed E-state index contributed by atoms with van der Waals surface area (Å²) in [5.41, 5.74) is -0.230. The van der Waals surface area contributed by atoms with Gasteiger partial charge in [-0.1, -0.05) is 0 Å². The molecule has 13 heteroatoms. The maximum atomic E-state index is 14.2. The summed E-state index contributed by atoms with van der Waals surface area (Å²) >= 11 is 0. The molecule has 10 nitrogen and oxygen atoms in total. The van der Waals surface area contributed by atoms with Gasteiger partial charge in [0.25, 0.3) is 5.91 Å². The Balaban J connectivity index is 1.67. The molecule has 0 aliphatic carbocycles. The summed E-state index contributed by atoms with van der Waals surface area (Å²) in [5, 5.41) is 0. The molecule has 1 aromatic rings. The number of ether oxygens (including phenoxy) is 2. The predicted molar refractivity (Wildman–Crippen MR) is 106 cm³/mol. The van der Waals surface area contributed by atoms with E-state index in [0.717, 1.165) is 22.5 Å². The van der Waals surface area contributed by atoms with Crippen LogP contribution in [-0.2, 0) is 34.1 Å². The number of morpholine rings is 1. The van der Waals surface area contributed by atoms with Gasteiger partial charge in [-0.2, -0.15) is 4.31 Å². The monoisotopic (exact) mass is 478 g/mol. The molecule has 0 saturated carbocycles. The largest absolute Gasteiger partial charge is 0.452 e. The van der Waals surface area contributed by atoms with E-state index in [1.54, 1.807) is 0 Å². The van der Waals surface area contributed by atoms with Crippen molar-refractivity contribution in [1.82, 2.24) is 9.21 Å². The van der Waals surface area contributed by atoms with Gasteiger partial charge < -0.3 is 14.4 Å². The van der Waals surface area contributed by atoms with Gasteiger partial charge in [-0.3, -0.25) is 4.79 Å². The number of halogens is 1. The molecular weight excluding hydrogens is 455 g/mol. The van der Waals surface area contributed by atoms with Crippen molar-refractivity contribution < 1.29 is 40.3 Å². The van der Waals surface area contributed by atoms with Gasteiger partial charge in [0.2, 0.25) is 10.0 Å². The minimum absolute atomic E-state index is 0.00888. The molecule has 0 bridgehead atoms. The quantitative estimate of drug-likeness (QED) is 0.508. The Morgan fingerprint density at radius 3 is 2.58 bits per heavy atom. The van der Waals surface area contributed by atoms with Crippen molar-refractivity contribution in [3.63, 3.8) is 0 Å². The number of carbonyl (C=O) groups excluding carboxylic acids is 2. The van der Waals surface area contributed by atoms with Crippen LogP contribution in [0.3, 0.4) is 0 Å². The molecule has 1 amide bonds. The number of rotatable bonds is 6. The second kappa shape index (κ2) is 9.18. The Morgan fingerprint density at radius 2 is 1.97 bits per heavy atom. The Labute approximate surface area is 179 Å². The van der Waals surface area contributed by atoms with Crippen LogP contribution in [0.15, 0.2) is 23.1 Å². The van der Waals surface area contributed by atoms with Gasteiger partial charge >= 0.3 is 5.97 Å². The van der Waals surface area contributed by atoms with Crippen LogP contribution in [0.1, 0.15) is 16.8 Å². The number of nitrogens with zero attached hydrogens (tertiary/aromatic N) is 2. The fourth-order valence-electron chi connectivity index (χ4n) is 3.35. The van der Waals surface area contributed by atoms with E-state index in [1.165, 1.54) is 11.9 Å². The molecule has 0 unspecified atom stereocenters. The Bertz CT molecular complexity index is 1070. The first-order chi connectivity index (χ1) is 14.5. The lowest BCUT2D eigenvalue weighted by Crippen LogP contribution is -2.41. The number of sulfone groups is 1. The summed E-state index contributed by atoms with van der Waals surface area (Å²) in [6, 6.07) is 2.29. The average Bonchev–Trinajstić information content (AvgIpc) is 3.11. The Morgan fingerprint density at radius 1 is 1.29 bits per heavy atom. The first-order valence-electron chi connectivity index (χ1n) is 9.52. The lowest BCUT2D eigenvalue weighted by atomic mass is 10.2. The lowest BCUT2D eigenvalue weighted by Gasteiger charge is -2.26. The Hall–Kier alpha value is -2.09. The highest BCUT2D eigenvalue weighted by Crippen LogP contribution is 2.22. The maximum absolute atomic E-state index is 14.2. The van der Waals surface area contributed by atoms with Crippen LogP contribution in [-0.4, -0.2) is 95.4 Å². The molecule has 1 atom stereocenters. The highest BCUT2D eigenvalue weighted by molar-refractivity contribution is 7.91. The number of benzene rings is 1. The van der Waals surface area contributed by atoms with Crippen LogP contribution in [0.5, 0.6) is 0 Å². The molecule has 31 heavy (non-hydrogen) atoms. The first-order valence-corrected chi connectivity index (χ1v) is 12.8. The maximum Gasteiger partial charge on any atom is 0.338 e. The molecule has 2 aliphatic rings. The molecule has 3 rings (SSSR count). The van der Waals surface area contributed by atoms with E-state index < -0.39 is 55.1 Å². The molecule has 1 aromatic carbocycles. The Kier molecular flexibility index (Phi) is 6.98. The van der Waals surface area contributed by atoms with Crippen molar-refractivity contribution in [2.24, 2.45) is 0 Å². The number of likely N-dealkylation sites (N-methyl/N-ethyl adjacent to an activating group) is 1. The number of esters is 1. The van der Waals surface area contributed by atoms with Crippen LogP contribution in [0, 0.1) is 5.82 Å². The van der Waals surface area contributed by atoms with Gasteiger partial charge in [0.1, 0.15) is 10.7 Å². The number of sulfonamides is 1. The second-order valence-corrected chi connectivity index (χ2v) is 11.4. The summed E-state index contributed by atoms with van der Waals surface area (Å²) in [6.07, 6.45) is 0.305. The van der Waals surface area contributed by atoms with E-state index >= 15 is 0 Å². The van der Waals surface area contributed by atoms with Crippen molar-refractivity contribution in [1.29, 1.82) is 0 Å². The van der Waals surface area contributed by atoms with Crippen molar-refractivity contribution in [2.75, 3.05) is 51.5 Å². The molecule has 2 fully saturated rings. The van der Waals surface area contributed by atoms with E-state index in [2.05, 4.69) is 0 Å². The molecule has 2 saturated heterocycles. The summed E-state index contributed by atoms with van der Waals surface area (Å²) in [5.74, 6) is -2.77.